The smallest absolute Gasteiger partial charge is 0.263 e. The zero-order valence-electron chi connectivity index (χ0n) is 12.9. The van der Waals surface area contributed by atoms with Crippen LogP contribution in [0.4, 0.5) is 10.2 Å². The minimum Gasteiger partial charge on any atom is -0.334 e. The SMILES string of the molecule is Cn1ncc(-c2nc(C3CC3)no2)c1NC(=O)c1cccc(F)c1. The van der Waals surface area contributed by atoms with Crippen LogP contribution >= 0.6 is 0 Å². The van der Waals surface area contributed by atoms with Crippen molar-refractivity contribution in [1.29, 1.82) is 0 Å². The van der Waals surface area contributed by atoms with Gasteiger partial charge in [0.15, 0.2) is 5.82 Å². The van der Waals surface area contributed by atoms with Crippen molar-refractivity contribution in [3.63, 3.8) is 0 Å². The molecular formula is C16H14FN5O2. The third kappa shape index (κ3) is 2.66. The lowest BCUT2D eigenvalue weighted by Crippen LogP contribution is -2.15. The van der Waals surface area contributed by atoms with Crippen LogP contribution in [-0.2, 0) is 7.05 Å². The predicted molar refractivity (Wildman–Crippen MR) is 82.8 cm³/mol. The number of aryl methyl sites for hydroxylation is 1. The number of carbonyl (C=O) groups excluding carboxylic acids is 1. The Morgan fingerprint density at radius 3 is 3.00 bits per heavy atom. The molecule has 8 heteroatoms. The fourth-order valence-corrected chi connectivity index (χ4v) is 2.40. The van der Waals surface area contributed by atoms with E-state index in [0.717, 1.165) is 12.8 Å². The van der Waals surface area contributed by atoms with Gasteiger partial charge in [0.1, 0.15) is 17.2 Å². The van der Waals surface area contributed by atoms with Crippen molar-refractivity contribution in [1.82, 2.24) is 19.9 Å². The molecule has 1 aromatic carbocycles. The first-order chi connectivity index (χ1) is 11.6. The number of carbonyl (C=O) groups is 1. The van der Waals surface area contributed by atoms with Gasteiger partial charge < -0.3 is 9.84 Å². The van der Waals surface area contributed by atoms with Crippen LogP contribution in [0, 0.1) is 5.82 Å². The first-order valence-corrected chi connectivity index (χ1v) is 7.54. The number of benzene rings is 1. The van der Waals surface area contributed by atoms with Crippen molar-refractivity contribution < 1.29 is 13.7 Å². The van der Waals surface area contributed by atoms with E-state index >= 15 is 0 Å². The summed E-state index contributed by atoms with van der Waals surface area (Å²) < 4.78 is 20.1. The monoisotopic (exact) mass is 327 g/mol. The highest BCUT2D eigenvalue weighted by atomic mass is 19.1. The van der Waals surface area contributed by atoms with Crippen LogP contribution in [0.15, 0.2) is 35.0 Å². The molecule has 0 spiro atoms. The van der Waals surface area contributed by atoms with Crippen LogP contribution in [-0.4, -0.2) is 25.8 Å². The van der Waals surface area contributed by atoms with Gasteiger partial charge in [-0.1, -0.05) is 11.2 Å². The molecule has 0 unspecified atom stereocenters. The number of hydrogen-bond acceptors (Lipinski definition) is 5. The van der Waals surface area contributed by atoms with E-state index in [1.54, 1.807) is 13.2 Å². The first kappa shape index (κ1) is 14.6. The molecule has 0 aliphatic heterocycles. The molecule has 1 amide bonds. The summed E-state index contributed by atoms with van der Waals surface area (Å²) in [6, 6.07) is 5.47. The fraction of sp³-hybridized carbons (Fsp3) is 0.250. The molecule has 4 rings (SSSR count). The summed E-state index contributed by atoms with van der Waals surface area (Å²) in [5.41, 5.74) is 0.744. The Hall–Kier alpha value is -3.03. The summed E-state index contributed by atoms with van der Waals surface area (Å²) in [5, 5.41) is 10.8. The maximum Gasteiger partial charge on any atom is 0.263 e. The van der Waals surface area contributed by atoms with Crippen molar-refractivity contribution in [3.8, 4) is 11.5 Å². The molecule has 0 radical (unpaired) electrons. The van der Waals surface area contributed by atoms with Crippen LogP contribution in [0.1, 0.15) is 34.9 Å². The quantitative estimate of drug-likeness (QED) is 0.796. The molecule has 1 N–H and O–H groups in total. The second-order valence-corrected chi connectivity index (χ2v) is 5.73. The summed E-state index contributed by atoms with van der Waals surface area (Å²) in [5.74, 6) is 0.843. The topological polar surface area (TPSA) is 85.8 Å². The number of nitrogens with one attached hydrogen (secondary N) is 1. The Bertz CT molecular complexity index is 913. The van der Waals surface area contributed by atoms with E-state index in [1.165, 1.54) is 28.9 Å². The third-order valence-electron chi connectivity index (χ3n) is 3.87. The minimum absolute atomic E-state index is 0.214. The molecule has 2 heterocycles. The molecule has 0 bridgehead atoms. The second kappa shape index (κ2) is 5.55. The van der Waals surface area contributed by atoms with Gasteiger partial charge in [-0.25, -0.2) is 4.39 Å². The summed E-state index contributed by atoms with van der Waals surface area (Å²) in [6.07, 6.45) is 3.68. The standard InChI is InChI=1S/C16H14FN5O2/c1-22-14(20-15(23)10-3-2-4-11(17)7-10)12(8-18-22)16-19-13(21-24-16)9-5-6-9/h2-4,7-9H,5-6H2,1H3,(H,20,23). The minimum atomic E-state index is -0.473. The Morgan fingerprint density at radius 2 is 2.25 bits per heavy atom. The highest BCUT2D eigenvalue weighted by Gasteiger charge is 2.30. The number of amides is 1. The summed E-state index contributed by atoms with van der Waals surface area (Å²) in [7, 11) is 1.68. The average molecular weight is 327 g/mol. The molecule has 1 saturated carbocycles. The lowest BCUT2D eigenvalue weighted by atomic mass is 10.2. The Balaban J connectivity index is 1.63. The van der Waals surface area contributed by atoms with Crippen molar-refractivity contribution in [2.24, 2.45) is 7.05 Å². The van der Waals surface area contributed by atoms with Gasteiger partial charge in [0, 0.05) is 18.5 Å². The molecule has 122 valence electrons. The third-order valence-corrected chi connectivity index (χ3v) is 3.87. The molecule has 7 nitrogen and oxygen atoms in total. The Morgan fingerprint density at radius 1 is 1.42 bits per heavy atom. The van der Waals surface area contributed by atoms with Crippen LogP contribution in [0.3, 0.4) is 0 Å². The largest absolute Gasteiger partial charge is 0.334 e. The van der Waals surface area contributed by atoms with Gasteiger partial charge >= 0.3 is 0 Å². The number of nitrogens with zero attached hydrogens (tertiary/aromatic N) is 4. The van der Waals surface area contributed by atoms with Crippen LogP contribution in [0.2, 0.25) is 0 Å². The van der Waals surface area contributed by atoms with Crippen LogP contribution in [0.25, 0.3) is 11.5 Å². The van der Waals surface area contributed by atoms with E-state index in [-0.39, 0.29) is 5.56 Å². The van der Waals surface area contributed by atoms with Gasteiger partial charge in [0.2, 0.25) is 0 Å². The molecule has 24 heavy (non-hydrogen) atoms. The zero-order chi connectivity index (χ0) is 16.7. The Labute approximate surface area is 136 Å². The molecule has 0 atom stereocenters. The molecule has 1 aliphatic carbocycles. The normalized spacial score (nSPS) is 13.9. The summed E-state index contributed by atoms with van der Waals surface area (Å²) in [6.45, 7) is 0. The van der Waals surface area contributed by atoms with Gasteiger partial charge in [-0.3, -0.25) is 9.48 Å². The number of halogens is 1. The van der Waals surface area contributed by atoms with Crippen LogP contribution in [0.5, 0.6) is 0 Å². The van der Waals surface area contributed by atoms with Gasteiger partial charge in [0.05, 0.1) is 6.20 Å². The molecule has 3 aromatic rings. The number of aromatic nitrogens is 4. The maximum absolute atomic E-state index is 13.3. The van der Waals surface area contributed by atoms with E-state index in [1.807, 2.05) is 0 Å². The molecular weight excluding hydrogens is 313 g/mol. The average Bonchev–Trinajstić information content (AvgIpc) is 3.20. The van der Waals surface area contributed by atoms with Crippen molar-refractivity contribution in [2.75, 3.05) is 5.32 Å². The first-order valence-electron chi connectivity index (χ1n) is 7.54. The van der Waals surface area contributed by atoms with E-state index in [4.69, 9.17) is 4.52 Å². The van der Waals surface area contributed by atoms with Gasteiger partial charge in [-0.15, -0.1) is 0 Å². The van der Waals surface area contributed by atoms with E-state index in [2.05, 4.69) is 20.6 Å². The zero-order valence-corrected chi connectivity index (χ0v) is 12.9. The Kier molecular flexibility index (Phi) is 3.37. The maximum atomic E-state index is 13.3. The van der Waals surface area contributed by atoms with Crippen molar-refractivity contribution in [2.45, 2.75) is 18.8 Å². The van der Waals surface area contributed by atoms with Crippen LogP contribution < -0.4 is 5.32 Å². The number of anilines is 1. The fourth-order valence-electron chi connectivity index (χ4n) is 2.40. The molecule has 2 aromatic heterocycles. The highest BCUT2D eigenvalue weighted by molar-refractivity contribution is 6.05. The van der Waals surface area contributed by atoms with Crippen molar-refractivity contribution >= 4 is 11.7 Å². The summed E-state index contributed by atoms with van der Waals surface area (Å²) >= 11 is 0. The lowest BCUT2D eigenvalue weighted by Gasteiger charge is -2.07. The van der Waals surface area contributed by atoms with Crippen molar-refractivity contribution in [3.05, 3.63) is 47.7 Å². The van der Waals surface area contributed by atoms with Gasteiger partial charge in [-0.2, -0.15) is 10.1 Å². The molecule has 0 saturated heterocycles. The number of rotatable bonds is 4. The molecule has 1 aliphatic rings. The van der Waals surface area contributed by atoms with E-state index in [9.17, 15) is 9.18 Å². The van der Waals surface area contributed by atoms with Gasteiger partial charge in [0.25, 0.3) is 11.8 Å². The van der Waals surface area contributed by atoms with Gasteiger partial charge in [-0.05, 0) is 31.0 Å². The number of hydrogen-bond donors (Lipinski definition) is 1. The van der Waals surface area contributed by atoms with E-state index < -0.39 is 11.7 Å². The second-order valence-electron chi connectivity index (χ2n) is 5.73. The van der Waals surface area contributed by atoms with E-state index in [0.29, 0.717) is 29.0 Å². The summed E-state index contributed by atoms with van der Waals surface area (Å²) in [4.78, 5) is 16.7. The lowest BCUT2D eigenvalue weighted by molar-refractivity contribution is 0.102. The molecule has 1 fully saturated rings. The predicted octanol–water partition coefficient (Wildman–Crippen LogP) is 2.74. The highest BCUT2D eigenvalue weighted by Crippen LogP contribution is 2.39.